The summed E-state index contributed by atoms with van der Waals surface area (Å²) < 4.78 is 0. The number of carbonyl (C=O) groups excluding carboxylic acids is 1. The van der Waals surface area contributed by atoms with E-state index in [0.717, 1.165) is 5.56 Å². The topological polar surface area (TPSA) is 73.1 Å². The third kappa shape index (κ3) is 2.81. The highest BCUT2D eigenvalue weighted by Gasteiger charge is 2.19. The van der Waals surface area contributed by atoms with E-state index in [-0.39, 0.29) is 0 Å². The molecule has 1 amide bonds. The molecule has 0 saturated carbocycles. The van der Waals surface area contributed by atoms with Gasteiger partial charge in [0.25, 0.3) is 0 Å². The van der Waals surface area contributed by atoms with E-state index in [1.54, 1.807) is 24.3 Å². The highest BCUT2D eigenvalue weighted by molar-refractivity contribution is 5.91. The number of anilines is 1. The molecule has 0 atom stereocenters. The van der Waals surface area contributed by atoms with Crippen LogP contribution in [0.4, 0.5) is 5.69 Å². The first-order valence-corrected chi connectivity index (χ1v) is 4.92. The summed E-state index contributed by atoms with van der Waals surface area (Å²) in [5.74, 6) is -0.452. The molecule has 0 radical (unpaired) electrons. The maximum Gasteiger partial charge on any atom is 0.250 e. The summed E-state index contributed by atoms with van der Waals surface area (Å²) in [6.45, 7) is 3.12. The van der Waals surface area contributed by atoms with E-state index in [9.17, 15) is 4.79 Å². The van der Waals surface area contributed by atoms with E-state index >= 15 is 0 Å². The number of benzene rings is 1. The maximum absolute atomic E-state index is 10.9. The van der Waals surface area contributed by atoms with Gasteiger partial charge in [-0.1, -0.05) is 12.1 Å². The van der Waals surface area contributed by atoms with Crippen molar-refractivity contribution in [3.63, 3.8) is 0 Å². The second kappa shape index (κ2) is 4.77. The van der Waals surface area contributed by atoms with E-state index in [1.807, 2.05) is 13.8 Å². The number of amides is 1. The Hall–Kier alpha value is -1.86. The van der Waals surface area contributed by atoms with Crippen molar-refractivity contribution in [2.75, 3.05) is 11.9 Å². The lowest BCUT2D eigenvalue weighted by molar-refractivity contribution is -0.118. The largest absolute Gasteiger partial charge is 0.387 e. The Morgan fingerprint density at radius 3 is 2.44 bits per heavy atom. The number of hydrogen-bond donors (Lipinski definition) is 2. The van der Waals surface area contributed by atoms with Crippen molar-refractivity contribution in [2.45, 2.75) is 19.3 Å². The zero-order valence-electron chi connectivity index (χ0n) is 9.32. The fourth-order valence-corrected chi connectivity index (χ4v) is 1.24. The molecule has 0 saturated heterocycles. The second-order valence-corrected chi connectivity index (χ2v) is 4.02. The SMILES string of the molecule is CC(C)(C#N)c1ccc(NC(=O)CO)cc1. The summed E-state index contributed by atoms with van der Waals surface area (Å²) in [5.41, 5.74) is 0.952. The average Bonchev–Trinajstić information content (AvgIpc) is 2.29. The van der Waals surface area contributed by atoms with Crippen molar-refractivity contribution in [3.05, 3.63) is 29.8 Å². The summed E-state index contributed by atoms with van der Waals surface area (Å²) in [7, 11) is 0. The van der Waals surface area contributed by atoms with Gasteiger partial charge in [-0.3, -0.25) is 4.79 Å². The molecular weight excluding hydrogens is 204 g/mol. The molecule has 0 aliphatic carbocycles. The van der Waals surface area contributed by atoms with Crippen LogP contribution in [0.2, 0.25) is 0 Å². The van der Waals surface area contributed by atoms with Crippen LogP contribution in [0.25, 0.3) is 0 Å². The molecule has 1 aromatic carbocycles. The van der Waals surface area contributed by atoms with Gasteiger partial charge in [0.2, 0.25) is 5.91 Å². The minimum Gasteiger partial charge on any atom is -0.387 e. The molecule has 0 spiro atoms. The Kier molecular flexibility index (Phi) is 3.64. The number of aliphatic hydroxyl groups excluding tert-OH is 1. The number of nitrogens with zero attached hydrogens (tertiary/aromatic N) is 1. The Morgan fingerprint density at radius 1 is 1.44 bits per heavy atom. The molecular formula is C12H14N2O2. The fourth-order valence-electron chi connectivity index (χ4n) is 1.24. The lowest BCUT2D eigenvalue weighted by atomic mass is 9.86. The van der Waals surface area contributed by atoms with E-state index in [2.05, 4.69) is 11.4 Å². The molecule has 0 heterocycles. The minimum absolute atomic E-state index is 0.452. The third-order valence-electron chi connectivity index (χ3n) is 2.31. The van der Waals surface area contributed by atoms with Crippen molar-refractivity contribution < 1.29 is 9.90 Å². The van der Waals surface area contributed by atoms with Crippen LogP contribution in [0.1, 0.15) is 19.4 Å². The molecule has 4 nitrogen and oxygen atoms in total. The van der Waals surface area contributed by atoms with E-state index in [1.165, 1.54) is 0 Å². The van der Waals surface area contributed by atoms with Crippen molar-refractivity contribution in [1.29, 1.82) is 5.26 Å². The van der Waals surface area contributed by atoms with E-state index in [4.69, 9.17) is 10.4 Å². The van der Waals surface area contributed by atoms with Crippen molar-refractivity contribution in [1.82, 2.24) is 0 Å². The van der Waals surface area contributed by atoms with Crippen LogP contribution in [0.5, 0.6) is 0 Å². The van der Waals surface area contributed by atoms with Gasteiger partial charge in [0.1, 0.15) is 6.61 Å². The molecule has 0 fully saturated rings. The van der Waals surface area contributed by atoms with Gasteiger partial charge in [-0.15, -0.1) is 0 Å². The Bertz CT molecular complexity index is 416. The first-order chi connectivity index (χ1) is 7.49. The number of nitrogens with one attached hydrogen (secondary N) is 1. The zero-order valence-corrected chi connectivity index (χ0v) is 9.32. The number of carbonyl (C=O) groups is 1. The summed E-state index contributed by atoms with van der Waals surface area (Å²) in [5, 5.41) is 20.0. The molecule has 1 rings (SSSR count). The Balaban J connectivity index is 2.84. The molecule has 0 aromatic heterocycles. The van der Waals surface area contributed by atoms with Crippen LogP contribution >= 0.6 is 0 Å². The molecule has 4 heteroatoms. The zero-order chi connectivity index (χ0) is 12.2. The van der Waals surface area contributed by atoms with Crippen LogP contribution in [-0.2, 0) is 10.2 Å². The van der Waals surface area contributed by atoms with Crippen LogP contribution < -0.4 is 5.32 Å². The fraction of sp³-hybridized carbons (Fsp3) is 0.333. The first-order valence-electron chi connectivity index (χ1n) is 4.92. The van der Waals surface area contributed by atoms with Crippen molar-refractivity contribution in [3.8, 4) is 6.07 Å². The molecule has 0 bridgehead atoms. The van der Waals surface area contributed by atoms with E-state index < -0.39 is 17.9 Å². The smallest absolute Gasteiger partial charge is 0.250 e. The summed E-state index contributed by atoms with van der Waals surface area (Å²) in [4.78, 5) is 10.9. The molecule has 0 unspecified atom stereocenters. The summed E-state index contributed by atoms with van der Waals surface area (Å²) >= 11 is 0. The second-order valence-electron chi connectivity index (χ2n) is 4.02. The molecule has 1 aromatic rings. The average molecular weight is 218 g/mol. The molecule has 84 valence electrons. The number of nitriles is 1. The van der Waals surface area contributed by atoms with Gasteiger partial charge in [0.15, 0.2) is 0 Å². The van der Waals surface area contributed by atoms with Crippen molar-refractivity contribution >= 4 is 11.6 Å². The van der Waals surface area contributed by atoms with Gasteiger partial charge in [-0.05, 0) is 31.5 Å². The van der Waals surface area contributed by atoms with Gasteiger partial charge < -0.3 is 10.4 Å². The van der Waals surface area contributed by atoms with Crippen molar-refractivity contribution in [2.24, 2.45) is 0 Å². The van der Waals surface area contributed by atoms with E-state index in [0.29, 0.717) is 5.69 Å². The summed E-state index contributed by atoms with van der Waals surface area (Å²) in [6, 6.07) is 9.20. The first kappa shape index (κ1) is 12.2. The maximum atomic E-state index is 10.9. The Morgan fingerprint density at radius 2 is 2.00 bits per heavy atom. The molecule has 0 aliphatic heterocycles. The standard InChI is InChI=1S/C12H14N2O2/c1-12(2,8-13)9-3-5-10(6-4-9)14-11(16)7-15/h3-6,15H,7H2,1-2H3,(H,14,16). The highest BCUT2D eigenvalue weighted by atomic mass is 16.3. The normalized spacial score (nSPS) is 10.6. The number of aliphatic hydroxyl groups is 1. The van der Waals surface area contributed by atoms with Gasteiger partial charge in [-0.25, -0.2) is 0 Å². The van der Waals surface area contributed by atoms with Gasteiger partial charge >= 0.3 is 0 Å². The third-order valence-corrected chi connectivity index (χ3v) is 2.31. The van der Waals surface area contributed by atoms with Crippen LogP contribution in [0.3, 0.4) is 0 Å². The molecule has 16 heavy (non-hydrogen) atoms. The molecule has 0 aliphatic rings. The van der Waals surface area contributed by atoms with Crippen LogP contribution in [-0.4, -0.2) is 17.6 Å². The number of hydrogen-bond acceptors (Lipinski definition) is 3. The predicted octanol–water partition coefficient (Wildman–Crippen LogP) is 1.42. The summed E-state index contributed by atoms with van der Waals surface area (Å²) in [6.07, 6.45) is 0. The number of rotatable bonds is 3. The lowest BCUT2D eigenvalue weighted by Gasteiger charge is -2.16. The monoisotopic (exact) mass is 218 g/mol. The van der Waals surface area contributed by atoms with Crippen LogP contribution in [0.15, 0.2) is 24.3 Å². The minimum atomic E-state index is -0.542. The van der Waals surface area contributed by atoms with Crippen LogP contribution in [0, 0.1) is 11.3 Å². The lowest BCUT2D eigenvalue weighted by Crippen LogP contribution is -2.16. The Labute approximate surface area is 94.5 Å². The van der Waals surface area contributed by atoms with Gasteiger partial charge in [-0.2, -0.15) is 5.26 Å². The van der Waals surface area contributed by atoms with Gasteiger partial charge in [0, 0.05) is 5.69 Å². The van der Waals surface area contributed by atoms with Gasteiger partial charge in [0.05, 0.1) is 11.5 Å². The quantitative estimate of drug-likeness (QED) is 0.805. The predicted molar refractivity (Wildman–Crippen MR) is 60.8 cm³/mol. The highest BCUT2D eigenvalue weighted by Crippen LogP contribution is 2.23. The molecule has 2 N–H and O–H groups in total.